The van der Waals surface area contributed by atoms with Gasteiger partial charge in [-0.15, -0.1) is 0 Å². The predicted octanol–water partition coefficient (Wildman–Crippen LogP) is 5.40. The number of benzene rings is 3. The van der Waals surface area contributed by atoms with E-state index < -0.39 is 18.5 Å². The lowest BCUT2D eigenvalue weighted by molar-refractivity contribution is -0.119. The normalized spacial score (nSPS) is 10.6. The second kappa shape index (κ2) is 9.96. The summed E-state index contributed by atoms with van der Waals surface area (Å²) in [5.74, 6) is -0.481. The van der Waals surface area contributed by atoms with E-state index in [1.807, 2.05) is 68.4 Å². The van der Waals surface area contributed by atoms with Crippen molar-refractivity contribution in [2.75, 3.05) is 18.5 Å². The van der Waals surface area contributed by atoms with Crippen molar-refractivity contribution in [2.45, 2.75) is 13.8 Å². The number of hydrogen-bond acceptors (Lipinski definition) is 5. The van der Waals surface area contributed by atoms with E-state index in [1.165, 1.54) is 0 Å². The van der Waals surface area contributed by atoms with Crippen LogP contribution in [0.5, 0.6) is 5.75 Å². The zero-order chi connectivity index (χ0) is 23.2. The van der Waals surface area contributed by atoms with Crippen LogP contribution < -0.4 is 10.1 Å². The van der Waals surface area contributed by atoms with Gasteiger partial charge in [0.25, 0.3) is 5.91 Å². The third-order valence-electron chi connectivity index (χ3n) is 5.08. The molecule has 0 bridgehead atoms. The van der Waals surface area contributed by atoms with E-state index in [0.29, 0.717) is 40.2 Å². The van der Waals surface area contributed by atoms with Crippen LogP contribution in [0.15, 0.2) is 78.9 Å². The number of nitrogens with one attached hydrogen (secondary N) is 1. The van der Waals surface area contributed by atoms with Crippen molar-refractivity contribution in [3.8, 4) is 17.0 Å². The number of carbonyl (C=O) groups is 2. The fourth-order valence-electron chi connectivity index (χ4n) is 3.46. The number of pyridine rings is 1. The maximum Gasteiger partial charge on any atom is 0.339 e. The molecule has 0 fully saturated rings. The highest BCUT2D eigenvalue weighted by Gasteiger charge is 2.17. The molecule has 166 valence electrons. The molecule has 4 rings (SSSR count). The number of hydrogen-bond donors (Lipinski definition) is 1. The van der Waals surface area contributed by atoms with Crippen molar-refractivity contribution in [3.63, 3.8) is 0 Å². The molecule has 33 heavy (non-hydrogen) atoms. The van der Waals surface area contributed by atoms with E-state index in [2.05, 4.69) is 5.32 Å². The highest BCUT2D eigenvalue weighted by atomic mass is 16.5. The van der Waals surface area contributed by atoms with Gasteiger partial charge in [0.2, 0.25) is 0 Å². The van der Waals surface area contributed by atoms with Crippen molar-refractivity contribution >= 4 is 28.5 Å². The number of para-hydroxylation sites is 3. The summed E-state index contributed by atoms with van der Waals surface area (Å²) in [5, 5.41) is 3.40. The number of aromatic nitrogens is 1. The Morgan fingerprint density at radius 2 is 1.67 bits per heavy atom. The summed E-state index contributed by atoms with van der Waals surface area (Å²) in [6.45, 7) is 3.93. The minimum absolute atomic E-state index is 0.360. The van der Waals surface area contributed by atoms with E-state index in [1.54, 1.807) is 24.3 Å². The fraction of sp³-hybridized carbons (Fsp3) is 0.148. The molecule has 0 aliphatic heterocycles. The van der Waals surface area contributed by atoms with Gasteiger partial charge in [-0.1, -0.05) is 60.2 Å². The number of amides is 1. The maximum atomic E-state index is 13.0. The number of rotatable bonds is 7. The minimum atomic E-state index is -0.588. The van der Waals surface area contributed by atoms with Gasteiger partial charge < -0.3 is 14.8 Å². The molecular formula is C27H24N2O4. The Morgan fingerprint density at radius 3 is 2.45 bits per heavy atom. The lowest BCUT2D eigenvalue weighted by Crippen LogP contribution is -2.21. The predicted molar refractivity (Wildman–Crippen MR) is 128 cm³/mol. The number of nitrogens with zero attached hydrogens (tertiary/aromatic N) is 1. The Hall–Kier alpha value is -4.19. The van der Waals surface area contributed by atoms with Crippen LogP contribution in [0, 0.1) is 6.92 Å². The molecule has 1 N–H and O–H groups in total. The summed E-state index contributed by atoms with van der Waals surface area (Å²) < 4.78 is 10.9. The first-order chi connectivity index (χ1) is 16.0. The summed E-state index contributed by atoms with van der Waals surface area (Å²) >= 11 is 0. The number of fused-ring (bicyclic) bond motifs is 1. The molecule has 0 radical (unpaired) electrons. The van der Waals surface area contributed by atoms with Gasteiger partial charge in [0.05, 0.1) is 29.1 Å². The monoisotopic (exact) mass is 440 g/mol. The van der Waals surface area contributed by atoms with Gasteiger partial charge in [-0.05, 0) is 38.1 Å². The number of anilines is 1. The van der Waals surface area contributed by atoms with Crippen LogP contribution >= 0.6 is 0 Å². The first-order valence-corrected chi connectivity index (χ1v) is 10.7. The second-order valence-electron chi connectivity index (χ2n) is 7.49. The van der Waals surface area contributed by atoms with Gasteiger partial charge in [0.15, 0.2) is 6.61 Å². The van der Waals surface area contributed by atoms with Crippen LogP contribution in [0.2, 0.25) is 0 Å². The Bertz CT molecular complexity index is 1300. The third-order valence-corrected chi connectivity index (χ3v) is 5.08. The van der Waals surface area contributed by atoms with Crippen molar-refractivity contribution in [2.24, 2.45) is 0 Å². The van der Waals surface area contributed by atoms with Gasteiger partial charge in [0.1, 0.15) is 5.75 Å². The average Bonchev–Trinajstić information content (AvgIpc) is 2.83. The number of carbonyl (C=O) groups excluding carboxylic acids is 2. The summed E-state index contributed by atoms with van der Waals surface area (Å²) in [6, 6.07) is 24.1. The summed E-state index contributed by atoms with van der Waals surface area (Å²) in [5.41, 5.74) is 4.25. The van der Waals surface area contributed by atoms with Gasteiger partial charge in [-0.25, -0.2) is 9.78 Å². The fourth-order valence-corrected chi connectivity index (χ4v) is 3.46. The van der Waals surface area contributed by atoms with Crippen LogP contribution in [-0.4, -0.2) is 30.1 Å². The highest BCUT2D eigenvalue weighted by Crippen LogP contribution is 2.26. The van der Waals surface area contributed by atoms with Gasteiger partial charge in [0, 0.05) is 10.9 Å². The Labute approximate surface area is 192 Å². The van der Waals surface area contributed by atoms with E-state index in [9.17, 15) is 9.59 Å². The van der Waals surface area contributed by atoms with E-state index >= 15 is 0 Å². The Balaban J connectivity index is 1.54. The van der Waals surface area contributed by atoms with Crippen molar-refractivity contribution in [1.29, 1.82) is 0 Å². The molecule has 0 saturated heterocycles. The molecule has 0 aliphatic carbocycles. The van der Waals surface area contributed by atoms with E-state index in [4.69, 9.17) is 14.5 Å². The Kier molecular flexibility index (Phi) is 6.64. The van der Waals surface area contributed by atoms with Gasteiger partial charge in [-0.2, -0.15) is 0 Å². The average molecular weight is 440 g/mol. The summed E-state index contributed by atoms with van der Waals surface area (Å²) in [4.78, 5) is 30.1. The highest BCUT2D eigenvalue weighted by molar-refractivity contribution is 6.05. The number of aryl methyl sites for hydroxylation is 1. The summed E-state index contributed by atoms with van der Waals surface area (Å²) in [6.07, 6.45) is 0. The van der Waals surface area contributed by atoms with Crippen LogP contribution in [0.25, 0.3) is 22.2 Å². The minimum Gasteiger partial charge on any atom is -0.492 e. The molecule has 0 spiro atoms. The van der Waals surface area contributed by atoms with Crippen molar-refractivity contribution < 1.29 is 19.1 Å². The lowest BCUT2D eigenvalue weighted by Gasteiger charge is -2.12. The summed E-state index contributed by atoms with van der Waals surface area (Å²) in [7, 11) is 0. The van der Waals surface area contributed by atoms with Gasteiger partial charge in [-0.3, -0.25) is 4.79 Å². The molecule has 0 unspecified atom stereocenters. The number of ether oxygens (including phenoxy) is 2. The molecule has 1 heterocycles. The second-order valence-corrected chi connectivity index (χ2v) is 7.49. The van der Waals surface area contributed by atoms with Crippen molar-refractivity contribution in [1.82, 2.24) is 4.98 Å². The van der Waals surface area contributed by atoms with E-state index in [0.717, 1.165) is 11.1 Å². The van der Waals surface area contributed by atoms with Crippen LogP contribution in [-0.2, 0) is 9.53 Å². The SMILES string of the molecule is CCOc1ccccc1NC(=O)COC(=O)c1cc(-c2ccc(C)cc2)nc2ccccc12. The third kappa shape index (κ3) is 5.18. The first-order valence-electron chi connectivity index (χ1n) is 10.7. The molecule has 1 amide bonds. The Morgan fingerprint density at radius 1 is 0.939 bits per heavy atom. The van der Waals surface area contributed by atoms with E-state index in [-0.39, 0.29) is 0 Å². The lowest BCUT2D eigenvalue weighted by atomic mass is 10.0. The molecule has 0 aliphatic rings. The zero-order valence-electron chi connectivity index (χ0n) is 18.5. The zero-order valence-corrected chi connectivity index (χ0v) is 18.5. The van der Waals surface area contributed by atoms with Crippen molar-refractivity contribution in [3.05, 3.63) is 90.0 Å². The molecule has 1 aromatic heterocycles. The largest absolute Gasteiger partial charge is 0.492 e. The molecule has 6 heteroatoms. The molecule has 0 saturated carbocycles. The van der Waals surface area contributed by atoms with Crippen LogP contribution in [0.3, 0.4) is 0 Å². The smallest absolute Gasteiger partial charge is 0.339 e. The standard InChI is InChI=1S/C27H24N2O4/c1-3-32-25-11-7-6-10-23(25)29-26(30)17-33-27(31)21-16-24(19-14-12-18(2)13-15-19)28-22-9-5-4-8-20(21)22/h4-16H,3,17H2,1-2H3,(H,29,30). The van der Waals surface area contributed by atoms with Crippen LogP contribution in [0.4, 0.5) is 5.69 Å². The molecule has 0 atom stereocenters. The molecular weight excluding hydrogens is 416 g/mol. The quantitative estimate of drug-likeness (QED) is 0.389. The number of esters is 1. The topological polar surface area (TPSA) is 77.5 Å². The molecule has 3 aromatic carbocycles. The first kappa shape index (κ1) is 22.0. The van der Waals surface area contributed by atoms with Crippen LogP contribution in [0.1, 0.15) is 22.8 Å². The molecule has 6 nitrogen and oxygen atoms in total. The maximum absolute atomic E-state index is 13.0. The molecule has 4 aromatic rings. The van der Waals surface area contributed by atoms with Gasteiger partial charge >= 0.3 is 5.97 Å².